The fourth-order valence-electron chi connectivity index (χ4n) is 2.82. The largest absolute Gasteiger partial charge is 0.371 e. The molecule has 5 nitrogen and oxygen atoms in total. The van der Waals surface area contributed by atoms with Gasteiger partial charge in [0.2, 0.25) is 5.91 Å². The van der Waals surface area contributed by atoms with Crippen LogP contribution in [0.15, 0.2) is 42.6 Å². The summed E-state index contributed by atoms with van der Waals surface area (Å²) in [5.74, 6) is 0.596. The first-order valence-electron chi connectivity index (χ1n) is 7.62. The van der Waals surface area contributed by atoms with Gasteiger partial charge in [0.05, 0.1) is 10.6 Å². The number of nitrogens with zero attached hydrogens (tertiary/aromatic N) is 2. The van der Waals surface area contributed by atoms with Crippen LogP contribution in [-0.4, -0.2) is 30.5 Å². The van der Waals surface area contributed by atoms with Crippen molar-refractivity contribution in [2.75, 3.05) is 29.9 Å². The normalized spacial score (nSPS) is 17.3. The van der Waals surface area contributed by atoms with Gasteiger partial charge in [0.25, 0.3) is 0 Å². The van der Waals surface area contributed by atoms with Gasteiger partial charge < -0.3 is 16.0 Å². The summed E-state index contributed by atoms with van der Waals surface area (Å²) in [4.78, 5) is 17.7. The highest BCUT2D eigenvalue weighted by Crippen LogP contribution is 2.25. The maximum Gasteiger partial charge on any atom is 0.250 e. The van der Waals surface area contributed by atoms with E-state index in [1.54, 1.807) is 6.07 Å². The molecule has 1 fully saturated rings. The summed E-state index contributed by atoms with van der Waals surface area (Å²) in [7, 11) is 0. The topological polar surface area (TPSA) is 71.2 Å². The van der Waals surface area contributed by atoms with E-state index in [9.17, 15) is 4.79 Å². The van der Waals surface area contributed by atoms with Crippen LogP contribution in [0.25, 0.3) is 0 Å². The van der Waals surface area contributed by atoms with Crippen LogP contribution in [0.4, 0.5) is 11.5 Å². The Balaban J connectivity index is 1.56. The van der Waals surface area contributed by atoms with Crippen LogP contribution >= 0.6 is 11.6 Å². The maximum atomic E-state index is 11.1. The van der Waals surface area contributed by atoms with Crippen molar-refractivity contribution in [1.82, 2.24) is 4.98 Å². The number of carbonyl (C=O) groups excluding carboxylic acids is 1. The van der Waals surface area contributed by atoms with E-state index in [-0.39, 0.29) is 0 Å². The van der Waals surface area contributed by atoms with E-state index in [0.29, 0.717) is 22.3 Å². The molecule has 1 atom stereocenters. The Morgan fingerprint density at radius 2 is 2.17 bits per heavy atom. The molecular formula is C17H19ClN4O. The maximum absolute atomic E-state index is 11.1. The van der Waals surface area contributed by atoms with Crippen LogP contribution in [0.3, 0.4) is 0 Å². The standard InChI is InChI=1S/C17H19ClN4O/c18-15-8-13(16(19)23)10-21-17(15)20-9-12-6-7-22(11-12)14-4-2-1-3-5-14/h1-5,8,10,12H,6-7,9,11H2,(H2,19,23)(H,20,21)/t12-/m1/s1. The van der Waals surface area contributed by atoms with E-state index in [2.05, 4.69) is 39.5 Å². The number of hydrogen-bond donors (Lipinski definition) is 2. The average Bonchev–Trinajstić information content (AvgIpc) is 3.03. The van der Waals surface area contributed by atoms with Gasteiger partial charge in [0.1, 0.15) is 5.82 Å². The van der Waals surface area contributed by atoms with Gasteiger partial charge in [-0.15, -0.1) is 0 Å². The molecule has 2 heterocycles. The van der Waals surface area contributed by atoms with Gasteiger partial charge >= 0.3 is 0 Å². The smallest absolute Gasteiger partial charge is 0.250 e. The number of carbonyl (C=O) groups is 1. The van der Waals surface area contributed by atoms with Crippen molar-refractivity contribution in [3.63, 3.8) is 0 Å². The third-order valence-electron chi connectivity index (χ3n) is 4.09. The minimum atomic E-state index is -0.528. The zero-order chi connectivity index (χ0) is 16.2. The number of aromatic nitrogens is 1. The molecule has 0 unspecified atom stereocenters. The third-order valence-corrected chi connectivity index (χ3v) is 4.38. The summed E-state index contributed by atoms with van der Waals surface area (Å²) < 4.78 is 0. The minimum absolute atomic E-state index is 0.316. The van der Waals surface area contributed by atoms with E-state index in [4.69, 9.17) is 17.3 Å². The van der Waals surface area contributed by atoms with Gasteiger partial charge in [0, 0.05) is 31.5 Å². The second-order valence-corrected chi connectivity index (χ2v) is 6.14. The number of pyridine rings is 1. The van der Waals surface area contributed by atoms with Crippen molar-refractivity contribution in [3.05, 3.63) is 53.2 Å². The average molecular weight is 331 g/mol. The Labute approximate surface area is 140 Å². The molecule has 1 aromatic carbocycles. The van der Waals surface area contributed by atoms with Crippen molar-refractivity contribution >= 4 is 29.0 Å². The van der Waals surface area contributed by atoms with E-state index >= 15 is 0 Å². The zero-order valence-corrected chi connectivity index (χ0v) is 13.5. The molecule has 23 heavy (non-hydrogen) atoms. The van der Waals surface area contributed by atoms with Gasteiger partial charge in [0.15, 0.2) is 0 Å². The number of hydrogen-bond acceptors (Lipinski definition) is 4. The fraction of sp³-hybridized carbons (Fsp3) is 0.294. The molecule has 120 valence electrons. The van der Waals surface area contributed by atoms with Gasteiger partial charge in [-0.2, -0.15) is 0 Å². The Hall–Kier alpha value is -2.27. The number of amides is 1. The minimum Gasteiger partial charge on any atom is -0.371 e. The van der Waals surface area contributed by atoms with Crippen LogP contribution in [0.2, 0.25) is 5.02 Å². The molecule has 0 radical (unpaired) electrons. The Morgan fingerprint density at radius 1 is 1.39 bits per heavy atom. The molecule has 1 amide bonds. The van der Waals surface area contributed by atoms with E-state index < -0.39 is 5.91 Å². The van der Waals surface area contributed by atoms with Crippen LogP contribution in [0.5, 0.6) is 0 Å². The summed E-state index contributed by atoms with van der Waals surface area (Å²) in [6.45, 7) is 2.86. The predicted molar refractivity (Wildman–Crippen MR) is 93.0 cm³/mol. The van der Waals surface area contributed by atoms with Gasteiger partial charge in [-0.05, 0) is 30.5 Å². The lowest BCUT2D eigenvalue weighted by Crippen LogP contribution is -2.22. The SMILES string of the molecule is NC(=O)c1cnc(NC[C@H]2CCN(c3ccccc3)C2)c(Cl)c1. The third kappa shape index (κ3) is 3.74. The molecule has 0 spiro atoms. The number of anilines is 2. The molecule has 2 aromatic rings. The molecule has 1 saturated heterocycles. The lowest BCUT2D eigenvalue weighted by Gasteiger charge is -2.19. The van der Waals surface area contributed by atoms with Crippen LogP contribution < -0.4 is 16.0 Å². The summed E-state index contributed by atoms with van der Waals surface area (Å²) >= 11 is 6.14. The molecule has 3 rings (SSSR count). The Bertz CT molecular complexity index is 692. The van der Waals surface area contributed by atoms with Crippen LogP contribution in [-0.2, 0) is 0 Å². The van der Waals surface area contributed by atoms with Crippen molar-refractivity contribution in [2.45, 2.75) is 6.42 Å². The predicted octanol–water partition coefficient (Wildman–Crippen LogP) is 2.77. The van der Waals surface area contributed by atoms with Gasteiger partial charge in [-0.1, -0.05) is 29.8 Å². The number of para-hydroxylation sites is 1. The van der Waals surface area contributed by atoms with E-state index in [1.807, 2.05) is 6.07 Å². The summed E-state index contributed by atoms with van der Waals surface area (Å²) in [5.41, 5.74) is 6.79. The van der Waals surface area contributed by atoms with Crippen molar-refractivity contribution in [2.24, 2.45) is 11.7 Å². The van der Waals surface area contributed by atoms with Crippen molar-refractivity contribution in [1.29, 1.82) is 0 Å². The van der Waals surface area contributed by atoms with E-state index in [1.165, 1.54) is 11.9 Å². The fourth-order valence-corrected chi connectivity index (χ4v) is 3.05. The lowest BCUT2D eigenvalue weighted by atomic mass is 10.1. The molecule has 3 N–H and O–H groups in total. The van der Waals surface area contributed by atoms with Crippen molar-refractivity contribution in [3.8, 4) is 0 Å². The van der Waals surface area contributed by atoms with Crippen LogP contribution in [0, 0.1) is 5.92 Å². The summed E-state index contributed by atoms with van der Waals surface area (Å²) in [6.07, 6.45) is 2.57. The molecule has 1 aromatic heterocycles. The number of halogens is 1. The second kappa shape index (κ2) is 6.87. The molecule has 0 aliphatic carbocycles. The zero-order valence-electron chi connectivity index (χ0n) is 12.7. The first-order chi connectivity index (χ1) is 11.1. The number of primary amides is 1. The molecule has 6 heteroatoms. The number of nitrogens with two attached hydrogens (primary N) is 1. The van der Waals surface area contributed by atoms with Gasteiger partial charge in [-0.3, -0.25) is 4.79 Å². The van der Waals surface area contributed by atoms with Gasteiger partial charge in [-0.25, -0.2) is 4.98 Å². The first kappa shape index (κ1) is 15.6. The molecule has 1 aliphatic heterocycles. The molecule has 0 saturated carbocycles. The van der Waals surface area contributed by atoms with Crippen molar-refractivity contribution < 1.29 is 4.79 Å². The molecule has 0 bridgehead atoms. The summed E-state index contributed by atoms with van der Waals surface area (Å²) in [5, 5.41) is 3.69. The molecule has 1 aliphatic rings. The Kier molecular flexibility index (Phi) is 4.67. The first-order valence-corrected chi connectivity index (χ1v) is 8.00. The quantitative estimate of drug-likeness (QED) is 0.884. The van der Waals surface area contributed by atoms with E-state index in [0.717, 1.165) is 26.1 Å². The number of rotatable bonds is 5. The highest BCUT2D eigenvalue weighted by atomic mass is 35.5. The second-order valence-electron chi connectivity index (χ2n) is 5.74. The highest BCUT2D eigenvalue weighted by molar-refractivity contribution is 6.33. The van der Waals surface area contributed by atoms with Crippen LogP contribution in [0.1, 0.15) is 16.8 Å². The number of nitrogens with one attached hydrogen (secondary N) is 1. The highest BCUT2D eigenvalue weighted by Gasteiger charge is 2.22. The summed E-state index contributed by atoms with van der Waals surface area (Å²) in [6, 6.07) is 12.0. The monoisotopic (exact) mass is 330 g/mol. The number of benzene rings is 1. The molecular weight excluding hydrogens is 312 g/mol. The Morgan fingerprint density at radius 3 is 2.87 bits per heavy atom. The lowest BCUT2D eigenvalue weighted by molar-refractivity contribution is 0.1000.